The molecule has 0 saturated carbocycles. The molecule has 0 radical (unpaired) electrons. The lowest BCUT2D eigenvalue weighted by Crippen LogP contribution is -2.27. The number of hydrogen-bond donors (Lipinski definition) is 2. The zero-order valence-corrected chi connectivity index (χ0v) is 22.2. The maximum atomic E-state index is 13.3. The Kier molecular flexibility index (Phi) is 8.80. The number of hydrogen-bond acceptors (Lipinski definition) is 5. The molecular formula is C29H25Cl2N5O2. The number of aromatic nitrogens is 2. The molecular weight excluding hydrogens is 521 g/mol. The Morgan fingerprint density at radius 3 is 2.37 bits per heavy atom. The second-order valence-electron chi connectivity index (χ2n) is 8.67. The number of halogens is 2. The van der Waals surface area contributed by atoms with E-state index in [2.05, 4.69) is 21.8 Å². The van der Waals surface area contributed by atoms with E-state index in [1.165, 1.54) is 4.68 Å². The lowest BCUT2D eigenvalue weighted by Gasteiger charge is -2.11. The highest BCUT2D eigenvalue weighted by Crippen LogP contribution is 2.26. The van der Waals surface area contributed by atoms with Gasteiger partial charge in [-0.25, -0.2) is 4.68 Å². The van der Waals surface area contributed by atoms with Crippen LogP contribution in [0.5, 0.6) is 0 Å². The number of rotatable bonds is 10. The van der Waals surface area contributed by atoms with E-state index in [0.717, 1.165) is 11.1 Å². The molecule has 4 rings (SSSR count). The first kappa shape index (κ1) is 26.9. The van der Waals surface area contributed by atoms with Crippen LogP contribution in [0.25, 0.3) is 5.69 Å². The van der Waals surface area contributed by atoms with Crippen LogP contribution in [-0.4, -0.2) is 34.6 Å². The molecule has 0 spiro atoms. The maximum Gasteiger partial charge on any atom is 0.224 e. The molecule has 0 aliphatic heterocycles. The Hall–Kier alpha value is -4.12. The van der Waals surface area contributed by atoms with Crippen LogP contribution in [0.3, 0.4) is 0 Å². The topological polar surface area (TPSA) is 99.8 Å². The standard InChI is InChI=1S/C29H25Cl2N5O2/c1-19-7-9-20(10-8-19)28(38)27-24(18-32)29(36(35-27)23-13-11-22(30)12-14-23)34-16-4-15-33-26(37)17-21-5-2-3-6-25(21)31/h2-3,5-14,34H,4,15-17H2,1H3,(H,33,37). The van der Waals surface area contributed by atoms with Gasteiger partial charge >= 0.3 is 0 Å². The minimum Gasteiger partial charge on any atom is -0.369 e. The average Bonchev–Trinajstić information content (AvgIpc) is 3.28. The van der Waals surface area contributed by atoms with Crippen LogP contribution in [0.2, 0.25) is 10.0 Å². The molecule has 0 unspecified atom stereocenters. The number of nitriles is 1. The van der Waals surface area contributed by atoms with Crippen LogP contribution in [0.4, 0.5) is 5.82 Å². The fourth-order valence-corrected chi connectivity index (χ4v) is 4.19. The first-order chi connectivity index (χ1) is 18.4. The summed E-state index contributed by atoms with van der Waals surface area (Å²) in [6, 6.07) is 23.4. The summed E-state index contributed by atoms with van der Waals surface area (Å²) in [7, 11) is 0. The van der Waals surface area contributed by atoms with Gasteiger partial charge in [0.25, 0.3) is 0 Å². The molecule has 2 N–H and O–H groups in total. The molecule has 1 heterocycles. The quantitative estimate of drug-likeness (QED) is 0.195. The first-order valence-electron chi connectivity index (χ1n) is 12.0. The highest BCUT2D eigenvalue weighted by molar-refractivity contribution is 6.31. The number of nitrogens with one attached hydrogen (secondary N) is 2. The fourth-order valence-electron chi connectivity index (χ4n) is 3.86. The lowest BCUT2D eigenvalue weighted by atomic mass is 10.0. The zero-order valence-electron chi connectivity index (χ0n) is 20.7. The summed E-state index contributed by atoms with van der Waals surface area (Å²) in [6.07, 6.45) is 0.770. The van der Waals surface area contributed by atoms with E-state index in [9.17, 15) is 14.9 Å². The van der Waals surface area contributed by atoms with Gasteiger partial charge in [0.05, 0.1) is 12.1 Å². The summed E-state index contributed by atoms with van der Waals surface area (Å²) < 4.78 is 1.53. The van der Waals surface area contributed by atoms with Crippen molar-refractivity contribution in [3.8, 4) is 11.8 Å². The number of aryl methyl sites for hydroxylation is 1. The number of carbonyl (C=O) groups excluding carboxylic acids is 2. The lowest BCUT2D eigenvalue weighted by molar-refractivity contribution is -0.120. The molecule has 0 aliphatic carbocycles. The minimum atomic E-state index is -0.343. The van der Waals surface area contributed by atoms with Crippen LogP contribution in [0.15, 0.2) is 72.8 Å². The molecule has 3 aromatic carbocycles. The molecule has 4 aromatic rings. The molecule has 0 atom stereocenters. The van der Waals surface area contributed by atoms with E-state index in [1.54, 1.807) is 42.5 Å². The van der Waals surface area contributed by atoms with Gasteiger partial charge in [-0.05, 0) is 49.2 Å². The number of nitrogens with zero attached hydrogens (tertiary/aromatic N) is 3. The number of anilines is 1. The second kappa shape index (κ2) is 12.4. The average molecular weight is 546 g/mol. The number of carbonyl (C=O) groups is 2. The maximum absolute atomic E-state index is 13.3. The van der Waals surface area contributed by atoms with Crippen LogP contribution in [0, 0.1) is 18.3 Å². The van der Waals surface area contributed by atoms with E-state index >= 15 is 0 Å². The molecule has 192 valence electrons. The van der Waals surface area contributed by atoms with Gasteiger partial charge in [0.1, 0.15) is 17.5 Å². The Morgan fingerprint density at radius 2 is 1.68 bits per heavy atom. The summed E-state index contributed by atoms with van der Waals surface area (Å²) in [6.45, 7) is 2.78. The third kappa shape index (κ3) is 6.41. The van der Waals surface area contributed by atoms with Gasteiger partial charge in [0.2, 0.25) is 11.7 Å². The highest BCUT2D eigenvalue weighted by Gasteiger charge is 2.25. The second-order valence-corrected chi connectivity index (χ2v) is 9.51. The molecule has 1 amide bonds. The van der Waals surface area contributed by atoms with Gasteiger partial charge in [0.15, 0.2) is 5.69 Å². The van der Waals surface area contributed by atoms with Crippen molar-refractivity contribution < 1.29 is 9.59 Å². The van der Waals surface area contributed by atoms with Gasteiger partial charge < -0.3 is 10.6 Å². The summed E-state index contributed by atoms with van der Waals surface area (Å²) in [4.78, 5) is 25.6. The summed E-state index contributed by atoms with van der Waals surface area (Å²) in [5.41, 5.74) is 3.08. The van der Waals surface area contributed by atoms with E-state index in [4.69, 9.17) is 23.2 Å². The summed E-state index contributed by atoms with van der Waals surface area (Å²) in [5, 5.41) is 21.7. The van der Waals surface area contributed by atoms with Crippen LogP contribution < -0.4 is 10.6 Å². The molecule has 0 fully saturated rings. The van der Waals surface area contributed by atoms with Gasteiger partial charge in [-0.3, -0.25) is 9.59 Å². The highest BCUT2D eigenvalue weighted by atomic mass is 35.5. The number of amides is 1. The Labute approximate surface area is 231 Å². The van der Waals surface area contributed by atoms with Crippen molar-refractivity contribution in [1.29, 1.82) is 5.26 Å². The van der Waals surface area contributed by atoms with Gasteiger partial charge in [-0.2, -0.15) is 10.4 Å². The normalized spacial score (nSPS) is 10.6. The van der Waals surface area contributed by atoms with Crippen molar-refractivity contribution in [3.63, 3.8) is 0 Å². The van der Waals surface area contributed by atoms with E-state index in [-0.39, 0.29) is 29.4 Å². The van der Waals surface area contributed by atoms with Crippen LogP contribution >= 0.6 is 23.2 Å². The third-order valence-corrected chi connectivity index (χ3v) is 6.49. The molecule has 0 bridgehead atoms. The molecule has 0 saturated heterocycles. The Morgan fingerprint density at radius 1 is 0.974 bits per heavy atom. The number of benzene rings is 3. The molecule has 38 heavy (non-hydrogen) atoms. The largest absolute Gasteiger partial charge is 0.369 e. The monoisotopic (exact) mass is 545 g/mol. The van der Waals surface area contributed by atoms with Crippen molar-refractivity contribution in [1.82, 2.24) is 15.1 Å². The predicted octanol–water partition coefficient (Wildman–Crippen LogP) is 5.75. The number of ketones is 1. The minimum absolute atomic E-state index is 0.0573. The summed E-state index contributed by atoms with van der Waals surface area (Å²) in [5.74, 6) is -0.0789. The van der Waals surface area contributed by atoms with Crippen molar-refractivity contribution >= 4 is 40.7 Å². The van der Waals surface area contributed by atoms with Crippen LogP contribution in [-0.2, 0) is 11.2 Å². The summed E-state index contributed by atoms with van der Waals surface area (Å²) >= 11 is 12.2. The van der Waals surface area contributed by atoms with Crippen molar-refractivity contribution in [2.45, 2.75) is 19.8 Å². The van der Waals surface area contributed by atoms with E-state index in [1.807, 2.05) is 37.3 Å². The van der Waals surface area contributed by atoms with E-state index < -0.39 is 0 Å². The van der Waals surface area contributed by atoms with Crippen LogP contribution in [0.1, 0.15) is 39.2 Å². The first-order valence-corrected chi connectivity index (χ1v) is 12.8. The zero-order chi connectivity index (χ0) is 27.1. The van der Waals surface area contributed by atoms with Gasteiger partial charge in [-0.1, -0.05) is 71.2 Å². The molecule has 1 aromatic heterocycles. The Balaban J connectivity index is 1.49. The van der Waals surface area contributed by atoms with Crippen molar-refractivity contribution in [3.05, 3.63) is 111 Å². The third-order valence-electron chi connectivity index (χ3n) is 5.87. The van der Waals surface area contributed by atoms with Crippen molar-refractivity contribution in [2.75, 3.05) is 18.4 Å². The molecule has 7 nitrogen and oxygen atoms in total. The van der Waals surface area contributed by atoms with Gasteiger partial charge in [-0.15, -0.1) is 0 Å². The van der Waals surface area contributed by atoms with Gasteiger partial charge in [0, 0.05) is 28.7 Å². The SMILES string of the molecule is Cc1ccc(C(=O)c2nn(-c3ccc(Cl)cc3)c(NCCCNC(=O)Cc3ccccc3Cl)c2C#N)cc1. The fraction of sp³-hybridized carbons (Fsp3) is 0.172. The molecule has 0 aliphatic rings. The predicted molar refractivity (Wildman–Crippen MR) is 149 cm³/mol. The Bertz CT molecular complexity index is 1490. The molecule has 9 heteroatoms. The van der Waals surface area contributed by atoms with Crippen molar-refractivity contribution in [2.24, 2.45) is 0 Å². The van der Waals surface area contributed by atoms with E-state index in [0.29, 0.717) is 46.6 Å². The smallest absolute Gasteiger partial charge is 0.224 e.